The van der Waals surface area contributed by atoms with Gasteiger partial charge in [0.2, 0.25) is 11.9 Å². The predicted octanol–water partition coefficient (Wildman–Crippen LogP) is 6.24. The number of carbonyl (C=O) groups excluding carboxylic acids is 1. The Bertz CT molecular complexity index is 1040. The van der Waals surface area contributed by atoms with Gasteiger partial charge in [0.15, 0.2) is 0 Å². The van der Waals surface area contributed by atoms with E-state index in [0.717, 1.165) is 29.7 Å². The lowest BCUT2D eigenvalue weighted by atomic mass is 10.1. The number of benzene rings is 1. The van der Waals surface area contributed by atoms with E-state index in [1.54, 1.807) is 29.4 Å². The van der Waals surface area contributed by atoms with Gasteiger partial charge < -0.3 is 5.43 Å². The van der Waals surface area contributed by atoms with Crippen LogP contribution in [0.2, 0.25) is 0 Å². The maximum Gasteiger partial charge on any atom is 0.232 e. The number of nitrogens with one attached hydrogen (secondary N) is 1. The second-order valence-corrected chi connectivity index (χ2v) is 8.16. The molecule has 0 aliphatic carbocycles. The highest BCUT2D eigenvalue weighted by molar-refractivity contribution is 5.94. The summed E-state index contributed by atoms with van der Waals surface area (Å²) < 4.78 is 15.4. The Balaban J connectivity index is 0.00000204. The van der Waals surface area contributed by atoms with Gasteiger partial charge in [0.25, 0.3) is 0 Å². The largest absolute Gasteiger partial charge is 0.321 e. The highest BCUT2D eigenvalue weighted by Crippen LogP contribution is 2.36. The average molecular weight is 508 g/mol. The summed E-state index contributed by atoms with van der Waals surface area (Å²) in [5.41, 5.74) is 6.64. The van der Waals surface area contributed by atoms with E-state index in [1.165, 1.54) is 37.8 Å². The first-order chi connectivity index (χ1) is 15.7. The third kappa shape index (κ3) is 6.27. The molecule has 9 heteroatoms. The number of amides is 1. The molecule has 2 aromatic heterocycles. The second kappa shape index (κ2) is 13.3. The topological polar surface area (TPSA) is 63.1 Å². The lowest BCUT2D eigenvalue weighted by Crippen LogP contribution is -2.43. The van der Waals surface area contributed by atoms with E-state index in [4.69, 9.17) is 4.98 Å². The fourth-order valence-electron chi connectivity index (χ4n) is 4.13. The minimum atomic E-state index is -0.294. The number of pyridine rings is 1. The van der Waals surface area contributed by atoms with Gasteiger partial charge in [-0.05, 0) is 42.8 Å². The molecule has 0 spiro atoms. The number of nitrogens with zero attached hydrogens (tertiary/aromatic N) is 4. The first kappa shape index (κ1) is 27.6. The zero-order valence-corrected chi connectivity index (χ0v) is 21.0. The molecule has 1 N–H and O–H groups in total. The highest BCUT2D eigenvalue weighted by atomic mass is 35.5. The van der Waals surface area contributed by atoms with Gasteiger partial charge in [-0.1, -0.05) is 39.0 Å². The number of imidazole rings is 1. The molecule has 1 aliphatic rings. The normalized spacial score (nSPS) is 12.2. The molecule has 184 valence electrons. The highest BCUT2D eigenvalue weighted by Gasteiger charge is 2.29. The summed E-state index contributed by atoms with van der Waals surface area (Å²) in [6.07, 6.45) is 10.9. The van der Waals surface area contributed by atoms with Crippen LogP contribution in [0.3, 0.4) is 0 Å². The molecule has 3 heterocycles. The number of hydrogen-bond acceptors (Lipinski definition) is 4. The molecular formula is C25H32Cl2FN5O. The van der Waals surface area contributed by atoms with Crippen molar-refractivity contribution in [3.63, 3.8) is 0 Å². The van der Waals surface area contributed by atoms with E-state index in [1.807, 2.05) is 16.8 Å². The van der Waals surface area contributed by atoms with E-state index >= 15 is 0 Å². The number of halogens is 3. The smallest absolute Gasteiger partial charge is 0.232 e. The fourth-order valence-corrected chi connectivity index (χ4v) is 4.13. The molecule has 0 saturated carbocycles. The van der Waals surface area contributed by atoms with Crippen molar-refractivity contribution in [3.05, 3.63) is 54.6 Å². The number of anilines is 1. The molecule has 0 fully saturated rings. The molecule has 4 rings (SSSR count). The first-order valence-corrected chi connectivity index (χ1v) is 11.5. The summed E-state index contributed by atoms with van der Waals surface area (Å²) in [5.74, 6) is 0.385. The third-order valence-electron chi connectivity index (χ3n) is 5.82. The van der Waals surface area contributed by atoms with Gasteiger partial charge in [-0.3, -0.25) is 14.7 Å². The van der Waals surface area contributed by atoms with Crippen LogP contribution in [0.15, 0.2) is 48.8 Å². The molecule has 0 radical (unpaired) electrons. The van der Waals surface area contributed by atoms with Crippen LogP contribution >= 0.6 is 24.8 Å². The zero-order valence-electron chi connectivity index (χ0n) is 19.4. The van der Waals surface area contributed by atoms with E-state index in [2.05, 4.69) is 17.3 Å². The van der Waals surface area contributed by atoms with Crippen LogP contribution in [0.25, 0.3) is 22.5 Å². The van der Waals surface area contributed by atoms with Crippen molar-refractivity contribution in [1.82, 2.24) is 14.6 Å². The molecular weight excluding hydrogens is 476 g/mol. The van der Waals surface area contributed by atoms with Crippen molar-refractivity contribution < 1.29 is 9.18 Å². The van der Waals surface area contributed by atoms with Gasteiger partial charge >= 0.3 is 0 Å². The molecule has 1 amide bonds. The Morgan fingerprint density at radius 1 is 0.971 bits per heavy atom. The van der Waals surface area contributed by atoms with E-state index < -0.39 is 0 Å². The lowest BCUT2D eigenvalue weighted by Gasteiger charge is -2.29. The number of unbranched alkanes of at least 4 members (excludes halogenated alkanes) is 5. The molecule has 0 unspecified atom stereocenters. The lowest BCUT2D eigenvalue weighted by molar-refractivity contribution is -0.118. The van der Waals surface area contributed by atoms with Crippen molar-refractivity contribution >= 4 is 36.7 Å². The quantitative estimate of drug-likeness (QED) is 0.348. The SMILES string of the molecule is CCCCCCCCC(=O)N1CCNn2c1nc(-c1ccc(F)cc1)c2-c1ccncc1.Cl.Cl. The van der Waals surface area contributed by atoms with Crippen LogP contribution < -0.4 is 10.3 Å². The average Bonchev–Trinajstić information content (AvgIpc) is 3.22. The molecule has 6 nitrogen and oxygen atoms in total. The Kier molecular flexibility index (Phi) is 10.8. The number of carbonyl (C=O) groups is 1. The van der Waals surface area contributed by atoms with E-state index in [0.29, 0.717) is 31.2 Å². The Morgan fingerprint density at radius 3 is 2.35 bits per heavy atom. The molecule has 0 bridgehead atoms. The zero-order chi connectivity index (χ0) is 22.3. The number of fused-ring (bicyclic) bond motifs is 1. The van der Waals surface area contributed by atoms with Crippen LogP contribution in [0.1, 0.15) is 51.9 Å². The Labute approximate surface area is 212 Å². The number of rotatable bonds is 9. The summed E-state index contributed by atoms with van der Waals surface area (Å²) in [5, 5.41) is 0. The number of aromatic nitrogens is 3. The van der Waals surface area contributed by atoms with Gasteiger partial charge in [0, 0.05) is 43.0 Å². The summed E-state index contributed by atoms with van der Waals surface area (Å²) in [6.45, 7) is 3.41. The fraction of sp³-hybridized carbons (Fsp3) is 0.400. The van der Waals surface area contributed by atoms with Gasteiger partial charge in [-0.15, -0.1) is 24.8 Å². The summed E-state index contributed by atoms with van der Waals surface area (Å²) >= 11 is 0. The molecule has 3 aromatic rings. The van der Waals surface area contributed by atoms with E-state index in [9.17, 15) is 9.18 Å². The minimum Gasteiger partial charge on any atom is -0.321 e. The second-order valence-electron chi connectivity index (χ2n) is 8.16. The summed E-state index contributed by atoms with van der Waals surface area (Å²) in [6, 6.07) is 10.1. The van der Waals surface area contributed by atoms with Crippen molar-refractivity contribution in [3.8, 4) is 22.5 Å². The Morgan fingerprint density at radius 2 is 1.65 bits per heavy atom. The molecule has 0 atom stereocenters. The van der Waals surface area contributed by atoms with Crippen molar-refractivity contribution in [2.24, 2.45) is 0 Å². The maximum atomic E-state index is 13.5. The Hall–Kier alpha value is -2.64. The van der Waals surface area contributed by atoms with Crippen LogP contribution in [-0.2, 0) is 4.79 Å². The van der Waals surface area contributed by atoms with Crippen molar-refractivity contribution in [1.29, 1.82) is 0 Å². The first-order valence-electron chi connectivity index (χ1n) is 11.5. The summed E-state index contributed by atoms with van der Waals surface area (Å²) in [4.78, 5) is 23.8. The standard InChI is InChI=1S/C25H30FN5O.2ClH/c1-2-3-4-5-6-7-8-22(32)30-18-17-28-31-24(20-13-15-27-16-14-20)23(29-25(30)31)19-9-11-21(26)12-10-19;;/h9-16,28H,2-8,17-18H2,1H3;2*1H. The maximum absolute atomic E-state index is 13.5. The molecule has 34 heavy (non-hydrogen) atoms. The number of hydrogen-bond donors (Lipinski definition) is 1. The van der Waals surface area contributed by atoms with Crippen LogP contribution in [0.5, 0.6) is 0 Å². The summed E-state index contributed by atoms with van der Waals surface area (Å²) in [7, 11) is 0. The van der Waals surface area contributed by atoms with E-state index in [-0.39, 0.29) is 36.5 Å². The van der Waals surface area contributed by atoms with Crippen molar-refractivity contribution in [2.45, 2.75) is 51.9 Å². The monoisotopic (exact) mass is 507 g/mol. The van der Waals surface area contributed by atoms with Crippen molar-refractivity contribution in [2.75, 3.05) is 23.4 Å². The molecule has 1 aliphatic heterocycles. The molecule has 1 aromatic carbocycles. The van der Waals surface area contributed by atoms with Gasteiger partial charge in [-0.2, -0.15) is 0 Å². The predicted molar refractivity (Wildman–Crippen MR) is 140 cm³/mol. The third-order valence-corrected chi connectivity index (χ3v) is 5.82. The molecule has 0 saturated heterocycles. The van der Waals surface area contributed by atoms with Gasteiger partial charge in [-0.25, -0.2) is 14.1 Å². The minimum absolute atomic E-state index is 0. The van der Waals surface area contributed by atoms with Gasteiger partial charge in [0.1, 0.15) is 11.5 Å². The van der Waals surface area contributed by atoms with Gasteiger partial charge in [0.05, 0.1) is 5.69 Å². The van der Waals surface area contributed by atoms with Crippen LogP contribution in [-0.4, -0.2) is 33.6 Å². The van der Waals surface area contributed by atoms with Crippen LogP contribution in [0.4, 0.5) is 10.3 Å². The van der Waals surface area contributed by atoms with Crippen LogP contribution in [0, 0.1) is 5.82 Å².